The van der Waals surface area contributed by atoms with Crippen molar-refractivity contribution in [2.75, 3.05) is 13.1 Å². The third kappa shape index (κ3) is 2.09. The molecule has 3 rings (SSSR count). The van der Waals surface area contributed by atoms with Crippen LogP contribution < -0.4 is 0 Å². The number of piperidine rings is 1. The summed E-state index contributed by atoms with van der Waals surface area (Å²) in [6.45, 7) is 4.03. The lowest BCUT2D eigenvalue weighted by Crippen LogP contribution is -2.39. The van der Waals surface area contributed by atoms with Gasteiger partial charge in [0, 0.05) is 25.8 Å². The van der Waals surface area contributed by atoms with E-state index in [4.69, 9.17) is 5.11 Å². The number of nitrogens with zero attached hydrogens (tertiary/aromatic N) is 3. The Morgan fingerprint density at radius 1 is 1.45 bits per heavy atom. The van der Waals surface area contributed by atoms with Crippen LogP contribution in [0.1, 0.15) is 36.5 Å². The molecule has 108 valence electrons. The Morgan fingerprint density at radius 3 is 2.65 bits per heavy atom. The van der Waals surface area contributed by atoms with Crippen LogP contribution in [-0.2, 0) is 11.3 Å². The van der Waals surface area contributed by atoms with Crippen molar-refractivity contribution in [3.63, 3.8) is 0 Å². The van der Waals surface area contributed by atoms with E-state index < -0.39 is 5.97 Å². The van der Waals surface area contributed by atoms with Crippen molar-refractivity contribution in [3.8, 4) is 0 Å². The van der Waals surface area contributed by atoms with E-state index in [1.165, 1.54) is 0 Å². The second kappa shape index (κ2) is 4.61. The van der Waals surface area contributed by atoms with Crippen molar-refractivity contribution in [1.82, 2.24) is 14.7 Å². The van der Waals surface area contributed by atoms with Gasteiger partial charge in [0.2, 0.25) is 0 Å². The fourth-order valence-corrected chi connectivity index (χ4v) is 3.23. The molecular formula is C14H19N3O3. The van der Waals surface area contributed by atoms with Crippen molar-refractivity contribution in [2.24, 2.45) is 11.3 Å². The van der Waals surface area contributed by atoms with Gasteiger partial charge in [0.05, 0.1) is 17.7 Å². The fourth-order valence-electron chi connectivity index (χ4n) is 3.23. The molecule has 6 nitrogen and oxygen atoms in total. The third-order valence-electron chi connectivity index (χ3n) is 4.74. The summed E-state index contributed by atoms with van der Waals surface area (Å²) in [7, 11) is 0. The number of likely N-dealkylation sites (tertiary alicyclic amines) is 1. The molecule has 0 bridgehead atoms. The number of carboxylic acids is 1. The molecule has 0 aromatic carbocycles. The molecule has 2 aliphatic rings. The lowest BCUT2D eigenvalue weighted by Gasteiger charge is -2.32. The van der Waals surface area contributed by atoms with E-state index in [2.05, 4.69) is 5.10 Å². The largest absolute Gasteiger partial charge is 0.481 e. The first kappa shape index (κ1) is 13.1. The molecule has 6 heteroatoms. The first-order chi connectivity index (χ1) is 9.55. The summed E-state index contributed by atoms with van der Waals surface area (Å²) in [6.07, 6.45) is 5.75. The quantitative estimate of drug-likeness (QED) is 0.901. The maximum Gasteiger partial charge on any atom is 0.307 e. The van der Waals surface area contributed by atoms with Crippen molar-refractivity contribution in [1.29, 1.82) is 0 Å². The molecule has 2 heterocycles. The van der Waals surface area contributed by atoms with Gasteiger partial charge in [-0.05, 0) is 31.6 Å². The second-order valence-electron chi connectivity index (χ2n) is 5.83. The molecule has 1 amide bonds. The Labute approximate surface area is 117 Å². The minimum absolute atomic E-state index is 0.00655. The average Bonchev–Trinajstić information content (AvgIpc) is 2.95. The highest BCUT2D eigenvalue weighted by atomic mass is 16.4. The predicted octanol–water partition coefficient (Wildman–Crippen LogP) is 1.23. The standard InChI is InChI=1S/C14H19N3O3/c1-2-17-9-10(8-15-17)12(18)16-5-3-14(4-6-16)7-11(14)13(19)20/h8-9,11H,2-7H2,1H3,(H,19,20). The summed E-state index contributed by atoms with van der Waals surface area (Å²) in [4.78, 5) is 25.2. The average molecular weight is 277 g/mol. The Morgan fingerprint density at radius 2 is 2.15 bits per heavy atom. The van der Waals surface area contributed by atoms with Gasteiger partial charge in [0.15, 0.2) is 0 Å². The van der Waals surface area contributed by atoms with Crippen LogP contribution in [0.4, 0.5) is 0 Å². The molecule has 1 saturated heterocycles. The summed E-state index contributed by atoms with van der Waals surface area (Å²) in [5.41, 5.74) is 0.587. The van der Waals surface area contributed by atoms with Gasteiger partial charge in [0.25, 0.3) is 5.91 Å². The van der Waals surface area contributed by atoms with Gasteiger partial charge in [-0.15, -0.1) is 0 Å². The summed E-state index contributed by atoms with van der Waals surface area (Å²) in [5, 5.41) is 13.2. The van der Waals surface area contributed by atoms with Crippen LogP contribution in [0.3, 0.4) is 0 Å². The molecular weight excluding hydrogens is 258 g/mol. The molecule has 1 aliphatic heterocycles. The zero-order chi connectivity index (χ0) is 14.3. The molecule has 1 aromatic rings. The number of rotatable bonds is 3. The molecule has 1 aromatic heterocycles. The van der Waals surface area contributed by atoms with E-state index in [0.717, 1.165) is 25.8 Å². The van der Waals surface area contributed by atoms with Crippen LogP contribution >= 0.6 is 0 Å². The molecule has 20 heavy (non-hydrogen) atoms. The maximum atomic E-state index is 12.3. The first-order valence-corrected chi connectivity index (χ1v) is 7.10. The van der Waals surface area contributed by atoms with Crippen LogP contribution in [0.15, 0.2) is 12.4 Å². The second-order valence-corrected chi connectivity index (χ2v) is 5.83. The number of hydrogen-bond acceptors (Lipinski definition) is 3. The van der Waals surface area contributed by atoms with Crippen molar-refractivity contribution in [2.45, 2.75) is 32.7 Å². The first-order valence-electron chi connectivity index (χ1n) is 7.10. The van der Waals surface area contributed by atoms with E-state index in [-0.39, 0.29) is 17.2 Å². The smallest absolute Gasteiger partial charge is 0.307 e. The number of aliphatic carboxylic acids is 1. The van der Waals surface area contributed by atoms with Crippen molar-refractivity contribution in [3.05, 3.63) is 18.0 Å². The van der Waals surface area contributed by atoms with E-state index in [1.807, 2.05) is 11.8 Å². The van der Waals surface area contributed by atoms with E-state index in [1.54, 1.807) is 17.1 Å². The summed E-state index contributed by atoms with van der Waals surface area (Å²) >= 11 is 0. The van der Waals surface area contributed by atoms with Crippen molar-refractivity contribution >= 4 is 11.9 Å². The van der Waals surface area contributed by atoms with E-state index in [0.29, 0.717) is 18.7 Å². The fraction of sp³-hybridized carbons (Fsp3) is 0.643. The summed E-state index contributed by atoms with van der Waals surface area (Å²) < 4.78 is 1.74. The van der Waals surface area contributed by atoms with Crippen LogP contribution in [-0.4, -0.2) is 44.8 Å². The lowest BCUT2D eigenvalue weighted by molar-refractivity contribution is -0.139. The van der Waals surface area contributed by atoms with Gasteiger partial charge in [-0.25, -0.2) is 0 Å². The van der Waals surface area contributed by atoms with Crippen LogP contribution in [0.5, 0.6) is 0 Å². The number of carboxylic acid groups (broad SMARTS) is 1. The SMILES string of the molecule is CCn1cc(C(=O)N2CCC3(CC2)CC3C(=O)O)cn1. The molecule has 1 spiro atoms. The Kier molecular flexibility index (Phi) is 3.03. The zero-order valence-corrected chi connectivity index (χ0v) is 11.6. The molecule has 1 atom stereocenters. The molecule has 0 radical (unpaired) electrons. The van der Waals surface area contributed by atoms with Crippen LogP contribution in [0, 0.1) is 11.3 Å². The van der Waals surface area contributed by atoms with E-state index in [9.17, 15) is 9.59 Å². The highest BCUT2D eigenvalue weighted by Crippen LogP contribution is 2.59. The minimum Gasteiger partial charge on any atom is -0.481 e. The molecule has 1 saturated carbocycles. The molecule has 1 N–H and O–H groups in total. The van der Waals surface area contributed by atoms with Crippen LogP contribution in [0.25, 0.3) is 0 Å². The van der Waals surface area contributed by atoms with Gasteiger partial charge >= 0.3 is 5.97 Å². The highest BCUT2D eigenvalue weighted by Gasteiger charge is 2.59. The zero-order valence-electron chi connectivity index (χ0n) is 11.6. The van der Waals surface area contributed by atoms with E-state index >= 15 is 0 Å². The maximum absolute atomic E-state index is 12.3. The topological polar surface area (TPSA) is 75.4 Å². The van der Waals surface area contributed by atoms with Crippen LogP contribution in [0.2, 0.25) is 0 Å². The van der Waals surface area contributed by atoms with Gasteiger partial charge in [-0.3, -0.25) is 14.3 Å². The minimum atomic E-state index is -0.686. The van der Waals surface area contributed by atoms with Crippen molar-refractivity contribution < 1.29 is 14.7 Å². The summed E-state index contributed by atoms with van der Waals surface area (Å²) in [5.74, 6) is -0.872. The number of aromatic nitrogens is 2. The molecule has 1 unspecified atom stereocenters. The Balaban J connectivity index is 1.61. The number of amides is 1. The van der Waals surface area contributed by atoms with Gasteiger partial charge in [0.1, 0.15) is 0 Å². The summed E-state index contributed by atoms with van der Waals surface area (Å²) in [6, 6.07) is 0. The predicted molar refractivity (Wildman–Crippen MR) is 71.2 cm³/mol. The molecule has 1 aliphatic carbocycles. The van der Waals surface area contributed by atoms with Gasteiger partial charge in [-0.1, -0.05) is 0 Å². The number of carbonyl (C=O) groups is 2. The molecule has 2 fully saturated rings. The number of carbonyl (C=O) groups excluding carboxylic acids is 1. The Bertz CT molecular complexity index is 544. The lowest BCUT2D eigenvalue weighted by atomic mass is 9.90. The van der Waals surface area contributed by atoms with Gasteiger partial charge in [-0.2, -0.15) is 5.10 Å². The number of aryl methyl sites for hydroxylation is 1. The number of hydrogen-bond donors (Lipinski definition) is 1. The van der Waals surface area contributed by atoms with Gasteiger partial charge < -0.3 is 10.0 Å². The third-order valence-corrected chi connectivity index (χ3v) is 4.74. The normalized spacial score (nSPS) is 23.9. The monoisotopic (exact) mass is 277 g/mol. The highest BCUT2D eigenvalue weighted by molar-refractivity contribution is 5.93. The Hall–Kier alpha value is -1.85.